The minimum atomic E-state index is -4.53. The molecule has 0 fully saturated rings. The topological polar surface area (TPSA) is 17.1 Å². The SMILES string of the molecule is O=C(c1ccc(C(F)(F)F)cc1)c1cc(F)c(F)cc1Cl. The fraction of sp³-hybridized carbons (Fsp3) is 0.0714. The lowest BCUT2D eigenvalue weighted by atomic mass is 10.0. The highest BCUT2D eigenvalue weighted by Gasteiger charge is 2.30. The van der Waals surface area contributed by atoms with Crippen LogP contribution >= 0.6 is 11.6 Å². The molecule has 0 bridgehead atoms. The first kappa shape index (κ1) is 15.4. The van der Waals surface area contributed by atoms with Gasteiger partial charge in [0.05, 0.1) is 10.6 Å². The van der Waals surface area contributed by atoms with Crippen LogP contribution in [-0.2, 0) is 6.18 Å². The van der Waals surface area contributed by atoms with Crippen LogP contribution < -0.4 is 0 Å². The van der Waals surface area contributed by atoms with E-state index < -0.39 is 29.2 Å². The lowest BCUT2D eigenvalue weighted by molar-refractivity contribution is -0.137. The summed E-state index contributed by atoms with van der Waals surface area (Å²) in [5.74, 6) is -3.29. The van der Waals surface area contributed by atoms with E-state index in [0.29, 0.717) is 12.1 Å². The molecule has 0 atom stereocenters. The number of halogens is 6. The third-order valence-electron chi connectivity index (χ3n) is 2.73. The van der Waals surface area contributed by atoms with Crippen molar-refractivity contribution in [1.29, 1.82) is 0 Å². The lowest BCUT2D eigenvalue weighted by Gasteiger charge is -2.08. The minimum absolute atomic E-state index is 0.115. The summed E-state index contributed by atoms with van der Waals surface area (Å²) in [7, 11) is 0. The van der Waals surface area contributed by atoms with Crippen LogP contribution in [-0.4, -0.2) is 5.78 Å². The molecule has 0 amide bonds. The second kappa shape index (κ2) is 5.44. The number of rotatable bonds is 2. The highest BCUT2D eigenvalue weighted by atomic mass is 35.5. The van der Waals surface area contributed by atoms with E-state index in [2.05, 4.69) is 0 Å². The van der Waals surface area contributed by atoms with E-state index in [4.69, 9.17) is 11.6 Å². The van der Waals surface area contributed by atoms with Crippen LogP contribution in [0, 0.1) is 11.6 Å². The molecule has 110 valence electrons. The molecule has 0 aliphatic carbocycles. The van der Waals surface area contributed by atoms with E-state index in [1.807, 2.05) is 0 Å². The van der Waals surface area contributed by atoms with Crippen molar-refractivity contribution in [1.82, 2.24) is 0 Å². The molecule has 2 aromatic carbocycles. The predicted molar refractivity (Wildman–Crippen MR) is 66.2 cm³/mol. The Hall–Kier alpha value is -1.95. The van der Waals surface area contributed by atoms with Gasteiger partial charge in [-0.1, -0.05) is 23.7 Å². The van der Waals surface area contributed by atoms with Crippen molar-refractivity contribution >= 4 is 17.4 Å². The Kier molecular flexibility index (Phi) is 4.00. The van der Waals surface area contributed by atoms with Crippen LogP contribution in [0.15, 0.2) is 36.4 Å². The summed E-state index contributed by atoms with van der Waals surface area (Å²) in [6.07, 6.45) is -4.53. The molecule has 0 spiro atoms. The van der Waals surface area contributed by atoms with E-state index in [9.17, 15) is 26.7 Å². The van der Waals surface area contributed by atoms with Gasteiger partial charge in [0.1, 0.15) is 0 Å². The molecule has 2 aromatic rings. The molecule has 1 nitrogen and oxygen atoms in total. The van der Waals surface area contributed by atoms with E-state index in [1.165, 1.54) is 0 Å². The normalized spacial score (nSPS) is 11.5. The molecule has 0 radical (unpaired) electrons. The Morgan fingerprint density at radius 1 is 0.952 bits per heavy atom. The van der Waals surface area contributed by atoms with Gasteiger partial charge in [0.25, 0.3) is 0 Å². The Balaban J connectivity index is 2.39. The molecule has 0 aliphatic rings. The standard InChI is InChI=1S/C14H6ClF5O/c15-10-6-12(17)11(16)5-9(10)13(21)7-1-3-8(4-2-7)14(18,19)20/h1-6H. The zero-order valence-corrected chi connectivity index (χ0v) is 10.9. The van der Waals surface area contributed by atoms with Crippen molar-refractivity contribution in [2.24, 2.45) is 0 Å². The van der Waals surface area contributed by atoms with Crippen LogP contribution in [0.1, 0.15) is 21.5 Å². The summed E-state index contributed by atoms with van der Waals surface area (Å²) < 4.78 is 63.3. The average Bonchev–Trinajstić information content (AvgIpc) is 2.41. The molecule has 0 aliphatic heterocycles. The van der Waals surface area contributed by atoms with E-state index in [1.54, 1.807) is 0 Å². The maximum absolute atomic E-state index is 13.1. The molecule has 2 rings (SSSR count). The van der Waals surface area contributed by atoms with E-state index in [-0.39, 0.29) is 16.1 Å². The summed E-state index contributed by atoms with van der Waals surface area (Å²) >= 11 is 5.64. The predicted octanol–water partition coefficient (Wildman–Crippen LogP) is 4.87. The lowest BCUT2D eigenvalue weighted by Crippen LogP contribution is -2.07. The number of ketones is 1. The molecule has 0 N–H and O–H groups in total. The average molecular weight is 321 g/mol. The van der Waals surface area contributed by atoms with Crippen molar-refractivity contribution < 1.29 is 26.7 Å². The minimum Gasteiger partial charge on any atom is -0.289 e. The number of carbonyl (C=O) groups is 1. The molecule has 0 aromatic heterocycles. The second-order valence-electron chi connectivity index (χ2n) is 4.15. The highest BCUT2D eigenvalue weighted by molar-refractivity contribution is 6.35. The summed E-state index contributed by atoms with van der Waals surface area (Å²) in [5.41, 5.74) is -1.36. The van der Waals surface area contributed by atoms with Gasteiger partial charge in [-0.25, -0.2) is 8.78 Å². The van der Waals surface area contributed by atoms with Crippen molar-refractivity contribution in [3.8, 4) is 0 Å². The summed E-state index contributed by atoms with van der Waals surface area (Å²) in [6, 6.07) is 4.58. The van der Waals surface area contributed by atoms with Gasteiger partial charge in [-0.15, -0.1) is 0 Å². The van der Waals surface area contributed by atoms with Crippen molar-refractivity contribution in [3.05, 3.63) is 69.7 Å². The number of carbonyl (C=O) groups excluding carboxylic acids is 1. The molecule has 21 heavy (non-hydrogen) atoms. The van der Waals surface area contributed by atoms with Gasteiger partial charge in [0.2, 0.25) is 0 Å². The number of benzene rings is 2. The fourth-order valence-electron chi connectivity index (χ4n) is 1.66. The van der Waals surface area contributed by atoms with Gasteiger partial charge < -0.3 is 0 Å². The molecular formula is C14H6ClF5O. The monoisotopic (exact) mass is 320 g/mol. The van der Waals surface area contributed by atoms with Crippen molar-refractivity contribution in [3.63, 3.8) is 0 Å². The van der Waals surface area contributed by atoms with Crippen LogP contribution in [0.25, 0.3) is 0 Å². The molecular weight excluding hydrogens is 315 g/mol. The summed E-state index contributed by atoms with van der Waals surface area (Å²) in [6.45, 7) is 0. The summed E-state index contributed by atoms with van der Waals surface area (Å²) in [5, 5.41) is -0.321. The zero-order chi connectivity index (χ0) is 15.8. The largest absolute Gasteiger partial charge is 0.416 e. The smallest absolute Gasteiger partial charge is 0.289 e. The Morgan fingerprint density at radius 2 is 1.48 bits per heavy atom. The van der Waals surface area contributed by atoms with Crippen LogP contribution in [0.4, 0.5) is 22.0 Å². The number of hydrogen-bond acceptors (Lipinski definition) is 1. The van der Waals surface area contributed by atoms with E-state index >= 15 is 0 Å². The van der Waals surface area contributed by atoms with Gasteiger partial charge in [-0.05, 0) is 24.3 Å². The van der Waals surface area contributed by atoms with Crippen molar-refractivity contribution in [2.75, 3.05) is 0 Å². The van der Waals surface area contributed by atoms with Gasteiger partial charge in [-0.3, -0.25) is 4.79 Å². The maximum Gasteiger partial charge on any atom is 0.416 e. The third-order valence-corrected chi connectivity index (χ3v) is 3.04. The second-order valence-corrected chi connectivity index (χ2v) is 4.56. The van der Waals surface area contributed by atoms with Crippen molar-refractivity contribution in [2.45, 2.75) is 6.18 Å². The van der Waals surface area contributed by atoms with Gasteiger partial charge >= 0.3 is 6.18 Å². The van der Waals surface area contributed by atoms with E-state index in [0.717, 1.165) is 24.3 Å². The fourth-order valence-corrected chi connectivity index (χ4v) is 1.90. The Bertz CT molecular complexity index is 692. The van der Waals surface area contributed by atoms with Gasteiger partial charge in [0, 0.05) is 11.1 Å². The maximum atomic E-state index is 13.1. The highest BCUT2D eigenvalue weighted by Crippen LogP contribution is 2.30. The number of hydrogen-bond donors (Lipinski definition) is 0. The molecule has 0 saturated carbocycles. The molecule has 0 saturated heterocycles. The van der Waals surface area contributed by atoms with Gasteiger partial charge in [-0.2, -0.15) is 13.2 Å². The Labute approximate surface area is 121 Å². The first-order valence-corrected chi connectivity index (χ1v) is 5.94. The zero-order valence-electron chi connectivity index (χ0n) is 10.1. The molecule has 0 heterocycles. The first-order valence-electron chi connectivity index (χ1n) is 5.56. The molecule has 7 heteroatoms. The summed E-state index contributed by atoms with van der Waals surface area (Å²) in [4.78, 5) is 12.0. The van der Waals surface area contributed by atoms with Crippen LogP contribution in [0.2, 0.25) is 5.02 Å². The quantitative estimate of drug-likeness (QED) is 0.438. The van der Waals surface area contributed by atoms with Crippen LogP contribution in [0.5, 0.6) is 0 Å². The Morgan fingerprint density at radius 3 is 2.00 bits per heavy atom. The number of alkyl halides is 3. The van der Waals surface area contributed by atoms with Crippen LogP contribution in [0.3, 0.4) is 0 Å². The molecule has 0 unspecified atom stereocenters. The van der Waals surface area contributed by atoms with Gasteiger partial charge in [0.15, 0.2) is 17.4 Å². The third kappa shape index (κ3) is 3.21. The first-order chi connectivity index (χ1) is 9.70.